The van der Waals surface area contributed by atoms with Gasteiger partial charge in [0.2, 0.25) is 5.91 Å². The van der Waals surface area contributed by atoms with Crippen LogP contribution in [0.1, 0.15) is 32.3 Å². The van der Waals surface area contributed by atoms with Crippen molar-refractivity contribution < 1.29 is 17.6 Å². The zero-order chi connectivity index (χ0) is 19.2. The number of furan rings is 1. The van der Waals surface area contributed by atoms with E-state index in [4.69, 9.17) is 4.42 Å². The standard InChI is InChI=1S/C19H21N3O4S/c1-12(2)10-22-16-6-5-15(20-19(23)13-3-4-13)9-17(16)27(24,25)21-18(22)14-7-8-26-11-14/h5-9,11-13H,3-4,10H2,1-2H3,(H,20,23). The second-order valence-electron chi connectivity index (χ2n) is 7.35. The minimum absolute atomic E-state index is 0.0424. The quantitative estimate of drug-likeness (QED) is 0.850. The van der Waals surface area contributed by atoms with Crippen molar-refractivity contribution in [1.29, 1.82) is 0 Å². The monoisotopic (exact) mass is 387 g/mol. The van der Waals surface area contributed by atoms with Crippen molar-refractivity contribution in [1.82, 2.24) is 0 Å². The molecule has 8 heteroatoms. The van der Waals surface area contributed by atoms with Crippen molar-refractivity contribution >= 4 is 33.1 Å². The van der Waals surface area contributed by atoms with Crippen LogP contribution in [-0.4, -0.2) is 26.7 Å². The van der Waals surface area contributed by atoms with Gasteiger partial charge in [-0.3, -0.25) is 4.79 Å². The number of sulfonamides is 1. The molecular formula is C19H21N3O4S. The molecule has 4 rings (SSSR count). The Morgan fingerprint density at radius 1 is 1.33 bits per heavy atom. The number of hydrogen-bond acceptors (Lipinski definition) is 5. The van der Waals surface area contributed by atoms with E-state index in [1.807, 2.05) is 4.90 Å². The second-order valence-corrected chi connectivity index (χ2v) is 8.92. The van der Waals surface area contributed by atoms with Gasteiger partial charge in [-0.15, -0.1) is 4.40 Å². The number of carbonyl (C=O) groups excluding carboxylic acids is 1. The van der Waals surface area contributed by atoms with Crippen molar-refractivity contribution in [2.45, 2.75) is 31.6 Å². The molecule has 2 aliphatic rings. The third-order valence-electron chi connectivity index (χ3n) is 4.53. The van der Waals surface area contributed by atoms with Crippen LogP contribution in [0, 0.1) is 11.8 Å². The molecule has 1 aromatic carbocycles. The van der Waals surface area contributed by atoms with Gasteiger partial charge in [-0.2, -0.15) is 8.42 Å². The summed E-state index contributed by atoms with van der Waals surface area (Å²) in [5.41, 5.74) is 1.64. The maximum Gasteiger partial charge on any atom is 0.286 e. The van der Waals surface area contributed by atoms with Gasteiger partial charge in [-0.05, 0) is 43.0 Å². The summed E-state index contributed by atoms with van der Waals surface area (Å²) in [5, 5.41) is 2.80. The number of benzene rings is 1. The van der Waals surface area contributed by atoms with Gasteiger partial charge in [0.15, 0.2) is 5.84 Å². The second kappa shape index (κ2) is 6.53. The number of hydrogen-bond donors (Lipinski definition) is 1. The lowest BCUT2D eigenvalue weighted by molar-refractivity contribution is -0.117. The van der Waals surface area contributed by atoms with Crippen molar-refractivity contribution in [2.75, 3.05) is 16.8 Å². The third-order valence-corrected chi connectivity index (χ3v) is 5.83. The van der Waals surface area contributed by atoms with Gasteiger partial charge in [0.1, 0.15) is 11.2 Å². The summed E-state index contributed by atoms with van der Waals surface area (Å²) in [6.07, 6.45) is 4.74. The lowest BCUT2D eigenvalue weighted by Crippen LogP contribution is -2.38. The Morgan fingerprint density at radius 2 is 2.11 bits per heavy atom. The van der Waals surface area contributed by atoms with Gasteiger partial charge < -0.3 is 14.6 Å². The first-order valence-corrected chi connectivity index (χ1v) is 10.4. The van der Waals surface area contributed by atoms with Gasteiger partial charge in [0.05, 0.1) is 17.5 Å². The number of nitrogens with zero attached hydrogens (tertiary/aromatic N) is 2. The van der Waals surface area contributed by atoms with Crippen molar-refractivity contribution in [3.63, 3.8) is 0 Å². The first kappa shape index (κ1) is 17.8. The van der Waals surface area contributed by atoms with Crippen LogP contribution in [0.5, 0.6) is 0 Å². The van der Waals surface area contributed by atoms with Crippen molar-refractivity contribution in [3.8, 4) is 0 Å². The van der Waals surface area contributed by atoms with E-state index in [1.165, 1.54) is 18.6 Å². The zero-order valence-electron chi connectivity index (χ0n) is 15.2. The summed E-state index contributed by atoms with van der Waals surface area (Å²) >= 11 is 0. The van der Waals surface area contributed by atoms with Gasteiger partial charge >= 0.3 is 0 Å². The van der Waals surface area contributed by atoms with Crippen molar-refractivity contribution in [3.05, 3.63) is 42.4 Å². The normalized spacial score (nSPS) is 18.2. The van der Waals surface area contributed by atoms with Crippen LogP contribution >= 0.6 is 0 Å². The number of rotatable bonds is 5. The maximum absolute atomic E-state index is 12.8. The fourth-order valence-electron chi connectivity index (χ4n) is 3.09. The van der Waals surface area contributed by atoms with Crippen LogP contribution in [0.15, 0.2) is 50.5 Å². The molecule has 27 heavy (non-hydrogen) atoms. The molecule has 0 unspecified atom stereocenters. The molecule has 0 bridgehead atoms. The molecule has 1 aromatic heterocycles. The van der Waals surface area contributed by atoms with E-state index >= 15 is 0 Å². The largest absolute Gasteiger partial charge is 0.472 e. The van der Waals surface area contributed by atoms with Crippen LogP contribution in [-0.2, 0) is 14.8 Å². The highest BCUT2D eigenvalue weighted by Crippen LogP contribution is 2.36. The molecular weight excluding hydrogens is 366 g/mol. The van der Waals surface area contributed by atoms with E-state index in [0.717, 1.165) is 12.8 Å². The summed E-state index contributed by atoms with van der Waals surface area (Å²) in [6.45, 7) is 4.71. The number of amides is 1. The lowest BCUT2D eigenvalue weighted by Gasteiger charge is -2.32. The molecule has 142 valence electrons. The molecule has 0 radical (unpaired) electrons. The molecule has 2 aromatic rings. The minimum atomic E-state index is -3.90. The molecule has 1 amide bonds. The Morgan fingerprint density at radius 3 is 2.74 bits per heavy atom. The number of anilines is 2. The molecule has 1 aliphatic heterocycles. The Balaban J connectivity index is 1.77. The van der Waals surface area contributed by atoms with E-state index in [1.54, 1.807) is 18.2 Å². The van der Waals surface area contributed by atoms with Crippen molar-refractivity contribution in [2.24, 2.45) is 16.2 Å². The Labute approximate surface area is 158 Å². The van der Waals surface area contributed by atoms with E-state index < -0.39 is 10.0 Å². The first-order valence-electron chi connectivity index (χ1n) is 8.95. The highest BCUT2D eigenvalue weighted by molar-refractivity contribution is 7.90. The van der Waals surface area contributed by atoms with Gasteiger partial charge in [-0.25, -0.2) is 0 Å². The highest BCUT2D eigenvalue weighted by atomic mass is 32.2. The predicted molar refractivity (Wildman–Crippen MR) is 102 cm³/mol. The summed E-state index contributed by atoms with van der Waals surface area (Å²) in [7, 11) is -3.90. The smallest absolute Gasteiger partial charge is 0.286 e. The van der Waals surface area contributed by atoms with Gasteiger partial charge in [0.25, 0.3) is 10.0 Å². The minimum Gasteiger partial charge on any atom is -0.472 e. The van der Waals surface area contributed by atoms with Crippen LogP contribution in [0.4, 0.5) is 11.4 Å². The number of amidine groups is 1. The average Bonchev–Trinajstić information content (AvgIpc) is 3.32. The average molecular weight is 387 g/mol. The Kier molecular flexibility index (Phi) is 4.30. The molecule has 1 N–H and O–H groups in total. The first-order chi connectivity index (χ1) is 12.8. The molecule has 0 saturated heterocycles. The van der Waals surface area contributed by atoms with E-state index in [9.17, 15) is 13.2 Å². The number of fused-ring (bicyclic) bond motifs is 1. The van der Waals surface area contributed by atoms with E-state index in [0.29, 0.717) is 29.3 Å². The summed E-state index contributed by atoms with van der Waals surface area (Å²) < 4.78 is 34.8. The topological polar surface area (TPSA) is 92.0 Å². The predicted octanol–water partition coefficient (Wildman–Crippen LogP) is 3.24. The maximum atomic E-state index is 12.8. The Bertz CT molecular complexity index is 1010. The van der Waals surface area contributed by atoms with Gasteiger partial charge in [0, 0.05) is 18.2 Å². The lowest BCUT2D eigenvalue weighted by atomic mass is 10.1. The van der Waals surface area contributed by atoms with E-state index in [2.05, 4.69) is 23.6 Å². The Hall–Kier alpha value is -2.61. The summed E-state index contributed by atoms with van der Waals surface area (Å²) in [5.74, 6) is 0.607. The zero-order valence-corrected chi connectivity index (χ0v) is 16.0. The third kappa shape index (κ3) is 3.49. The van der Waals surface area contributed by atoms with Crippen LogP contribution in [0.25, 0.3) is 0 Å². The summed E-state index contributed by atoms with van der Waals surface area (Å²) in [4.78, 5) is 14.0. The molecule has 7 nitrogen and oxygen atoms in total. The van der Waals surface area contributed by atoms with Gasteiger partial charge in [-0.1, -0.05) is 13.8 Å². The van der Waals surface area contributed by atoms with Crippen LogP contribution in [0.3, 0.4) is 0 Å². The fourth-order valence-corrected chi connectivity index (χ4v) is 4.34. The highest BCUT2D eigenvalue weighted by Gasteiger charge is 2.34. The molecule has 1 fully saturated rings. The van der Waals surface area contributed by atoms with Crippen LogP contribution in [0.2, 0.25) is 0 Å². The molecule has 1 saturated carbocycles. The number of nitrogens with one attached hydrogen (secondary N) is 1. The van der Waals surface area contributed by atoms with E-state index in [-0.39, 0.29) is 22.6 Å². The fraction of sp³-hybridized carbons (Fsp3) is 0.368. The number of carbonyl (C=O) groups is 1. The molecule has 0 atom stereocenters. The molecule has 0 spiro atoms. The molecule has 1 aliphatic carbocycles. The van der Waals surface area contributed by atoms with Crippen LogP contribution < -0.4 is 10.2 Å². The SMILES string of the molecule is CC(C)CN1C(c2ccoc2)=NS(=O)(=O)c2cc(NC(=O)C3CC3)ccc21. The summed E-state index contributed by atoms with van der Waals surface area (Å²) in [6, 6.07) is 6.65. The molecule has 2 heterocycles.